The third kappa shape index (κ3) is 10.5. The lowest BCUT2D eigenvalue weighted by Gasteiger charge is -2.28. The Balaban J connectivity index is 3.19. The molecule has 0 heterocycles. The molecule has 1 aromatic rings. The van der Waals surface area contributed by atoms with Crippen LogP contribution in [0.1, 0.15) is 79.7 Å². The monoisotopic (exact) mass is 521 g/mol. The second kappa shape index (κ2) is 14.1. The maximum absolute atomic E-state index is 12.6. The summed E-state index contributed by atoms with van der Waals surface area (Å²) in [5, 5.41) is 0. The highest BCUT2D eigenvalue weighted by molar-refractivity contribution is 5.81. The zero-order chi connectivity index (χ0) is 28.4. The molecule has 1 atom stereocenters. The van der Waals surface area contributed by atoms with E-state index in [1.54, 1.807) is 19.9 Å². The first-order valence-corrected chi connectivity index (χ1v) is 12.7. The standard InChI is InChI=1S/C28H43NO8/c1-9-27(6,7)25(32)35-13-12-28(29,26(33)34-8)17-20-10-11-21(36-23(30)14-18(2)3)22(16-20)37-24(31)15-19(4)5/h10-11,16,18-19H,9,12-15,17,29H2,1-8H3/t28-/m1/s1. The Hall–Kier alpha value is -2.94. The molecule has 0 aromatic heterocycles. The predicted molar refractivity (Wildman–Crippen MR) is 139 cm³/mol. The molecule has 0 aliphatic rings. The van der Waals surface area contributed by atoms with E-state index >= 15 is 0 Å². The van der Waals surface area contributed by atoms with Crippen LogP contribution in [0.5, 0.6) is 11.5 Å². The van der Waals surface area contributed by atoms with Gasteiger partial charge in [0, 0.05) is 25.7 Å². The molecule has 37 heavy (non-hydrogen) atoms. The fourth-order valence-corrected chi connectivity index (χ4v) is 3.32. The van der Waals surface area contributed by atoms with Crippen LogP contribution in [0.4, 0.5) is 0 Å². The van der Waals surface area contributed by atoms with Crippen LogP contribution in [0.2, 0.25) is 0 Å². The van der Waals surface area contributed by atoms with Crippen LogP contribution in [0.15, 0.2) is 18.2 Å². The summed E-state index contributed by atoms with van der Waals surface area (Å²) in [6, 6.07) is 4.66. The van der Waals surface area contributed by atoms with Gasteiger partial charge in [0.05, 0.1) is 19.1 Å². The van der Waals surface area contributed by atoms with Gasteiger partial charge in [-0.1, -0.05) is 40.7 Å². The number of hydrogen-bond donors (Lipinski definition) is 1. The van der Waals surface area contributed by atoms with E-state index in [0.717, 1.165) is 0 Å². The first-order chi connectivity index (χ1) is 17.1. The van der Waals surface area contributed by atoms with E-state index in [-0.39, 0.29) is 61.6 Å². The van der Waals surface area contributed by atoms with E-state index in [2.05, 4.69) is 0 Å². The Bertz CT molecular complexity index is 954. The van der Waals surface area contributed by atoms with Gasteiger partial charge in [-0.05, 0) is 49.8 Å². The first kappa shape index (κ1) is 32.1. The number of rotatable bonds is 14. The largest absolute Gasteiger partial charge is 0.468 e. The van der Waals surface area contributed by atoms with E-state index in [1.807, 2.05) is 34.6 Å². The molecule has 0 aliphatic heterocycles. The number of nitrogens with two attached hydrogens (primary N) is 1. The minimum atomic E-state index is -1.51. The lowest BCUT2D eigenvalue weighted by Crippen LogP contribution is -2.51. The Morgan fingerprint density at radius 3 is 1.92 bits per heavy atom. The Morgan fingerprint density at radius 2 is 1.43 bits per heavy atom. The maximum atomic E-state index is 12.6. The first-order valence-electron chi connectivity index (χ1n) is 12.7. The molecule has 0 bridgehead atoms. The van der Waals surface area contributed by atoms with Crippen molar-refractivity contribution in [1.29, 1.82) is 0 Å². The van der Waals surface area contributed by atoms with Crippen molar-refractivity contribution in [3.63, 3.8) is 0 Å². The summed E-state index contributed by atoms with van der Waals surface area (Å²) in [7, 11) is 1.23. The number of benzene rings is 1. The summed E-state index contributed by atoms with van der Waals surface area (Å²) in [6.45, 7) is 12.9. The van der Waals surface area contributed by atoms with Gasteiger partial charge in [0.1, 0.15) is 5.54 Å². The molecule has 0 fully saturated rings. The van der Waals surface area contributed by atoms with Gasteiger partial charge in [-0.3, -0.25) is 19.2 Å². The molecular formula is C28H43NO8. The zero-order valence-electron chi connectivity index (χ0n) is 23.5. The van der Waals surface area contributed by atoms with Gasteiger partial charge in [-0.15, -0.1) is 0 Å². The molecule has 0 saturated carbocycles. The normalized spacial score (nSPS) is 13.2. The van der Waals surface area contributed by atoms with Crippen LogP contribution >= 0.6 is 0 Å². The number of carbonyl (C=O) groups is 4. The minimum absolute atomic E-state index is 0.00332. The van der Waals surface area contributed by atoms with Crippen LogP contribution in [0, 0.1) is 17.3 Å². The fourth-order valence-electron chi connectivity index (χ4n) is 3.32. The Morgan fingerprint density at radius 1 is 0.892 bits per heavy atom. The fraction of sp³-hybridized carbons (Fsp3) is 0.643. The van der Waals surface area contributed by atoms with Gasteiger partial charge >= 0.3 is 23.9 Å². The lowest BCUT2D eigenvalue weighted by molar-refractivity contribution is -0.157. The van der Waals surface area contributed by atoms with Crippen LogP contribution in [0.3, 0.4) is 0 Å². The molecule has 9 nitrogen and oxygen atoms in total. The third-order valence-corrected chi connectivity index (χ3v) is 5.93. The van der Waals surface area contributed by atoms with Crippen molar-refractivity contribution in [3.8, 4) is 11.5 Å². The minimum Gasteiger partial charge on any atom is -0.468 e. The van der Waals surface area contributed by atoms with Crippen molar-refractivity contribution >= 4 is 23.9 Å². The number of esters is 4. The van der Waals surface area contributed by atoms with Crippen LogP contribution in [-0.2, 0) is 35.1 Å². The molecule has 2 N–H and O–H groups in total. The number of hydrogen-bond acceptors (Lipinski definition) is 9. The molecule has 9 heteroatoms. The van der Waals surface area contributed by atoms with Gasteiger partial charge in [0.25, 0.3) is 0 Å². The van der Waals surface area contributed by atoms with E-state index in [0.29, 0.717) is 12.0 Å². The third-order valence-electron chi connectivity index (χ3n) is 5.93. The SMILES string of the molecule is CCC(C)(C)C(=O)OCC[C@@](N)(Cc1ccc(OC(=O)CC(C)C)c(OC(=O)CC(C)C)c1)C(=O)OC. The zero-order valence-corrected chi connectivity index (χ0v) is 23.5. The van der Waals surface area contributed by atoms with Crippen molar-refractivity contribution in [2.45, 2.75) is 86.1 Å². The molecule has 1 aromatic carbocycles. The molecule has 0 spiro atoms. The molecule has 0 aliphatic carbocycles. The molecule has 1 rings (SSSR count). The van der Waals surface area contributed by atoms with Crippen molar-refractivity contribution in [1.82, 2.24) is 0 Å². The highest BCUT2D eigenvalue weighted by Crippen LogP contribution is 2.32. The molecule has 0 radical (unpaired) electrons. The maximum Gasteiger partial charge on any atom is 0.326 e. The van der Waals surface area contributed by atoms with E-state index < -0.39 is 28.9 Å². The number of carbonyl (C=O) groups excluding carboxylic acids is 4. The average Bonchev–Trinajstić information content (AvgIpc) is 2.78. The summed E-state index contributed by atoms with van der Waals surface area (Å²) in [5.41, 5.74) is 4.82. The second-order valence-electron chi connectivity index (χ2n) is 10.9. The Kier molecular flexibility index (Phi) is 12.2. The second-order valence-corrected chi connectivity index (χ2v) is 10.9. The van der Waals surface area contributed by atoms with Crippen LogP contribution < -0.4 is 15.2 Å². The van der Waals surface area contributed by atoms with Crippen molar-refractivity contribution in [2.75, 3.05) is 13.7 Å². The summed E-state index contributed by atoms with van der Waals surface area (Å²) < 4.78 is 21.3. The summed E-state index contributed by atoms with van der Waals surface area (Å²) >= 11 is 0. The van der Waals surface area contributed by atoms with Crippen LogP contribution in [0.25, 0.3) is 0 Å². The molecule has 0 saturated heterocycles. The number of ether oxygens (including phenoxy) is 4. The highest BCUT2D eigenvalue weighted by Gasteiger charge is 2.37. The van der Waals surface area contributed by atoms with Crippen molar-refractivity contribution in [3.05, 3.63) is 23.8 Å². The van der Waals surface area contributed by atoms with Gasteiger partial charge in [-0.25, -0.2) is 0 Å². The van der Waals surface area contributed by atoms with Gasteiger partial charge in [0.15, 0.2) is 11.5 Å². The predicted octanol–water partition coefficient (Wildman–Crippen LogP) is 4.37. The topological polar surface area (TPSA) is 131 Å². The molecule has 208 valence electrons. The van der Waals surface area contributed by atoms with Crippen molar-refractivity contribution in [2.24, 2.45) is 23.0 Å². The molecule has 0 amide bonds. The molecular weight excluding hydrogens is 478 g/mol. The summed E-state index contributed by atoms with van der Waals surface area (Å²) in [6.07, 6.45) is 0.986. The summed E-state index contributed by atoms with van der Waals surface area (Å²) in [5.74, 6) is -1.67. The van der Waals surface area contributed by atoms with Crippen molar-refractivity contribution < 1.29 is 38.1 Å². The highest BCUT2D eigenvalue weighted by atomic mass is 16.6. The average molecular weight is 522 g/mol. The van der Waals surface area contributed by atoms with E-state index in [9.17, 15) is 19.2 Å². The Labute approximate surface area is 220 Å². The lowest BCUT2D eigenvalue weighted by atomic mass is 9.88. The van der Waals surface area contributed by atoms with Gasteiger partial charge in [0.2, 0.25) is 0 Å². The van der Waals surface area contributed by atoms with Gasteiger partial charge in [-0.2, -0.15) is 0 Å². The smallest absolute Gasteiger partial charge is 0.326 e. The van der Waals surface area contributed by atoms with E-state index in [4.69, 9.17) is 24.7 Å². The number of methoxy groups -OCH3 is 1. The molecule has 0 unspecified atom stereocenters. The van der Waals surface area contributed by atoms with Gasteiger partial charge < -0.3 is 24.7 Å². The quantitative estimate of drug-likeness (QED) is 0.280. The summed E-state index contributed by atoms with van der Waals surface area (Å²) in [4.78, 5) is 49.6. The van der Waals surface area contributed by atoms with E-state index in [1.165, 1.54) is 19.2 Å². The van der Waals surface area contributed by atoms with Crippen LogP contribution in [-0.4, -0.2) is 43.1 Å².